The molecule has 1 aliphatic rings. The minimum absolute atomic E-state index is 0. The zero-order valence-electron chi connectivity index (χ0n) is 9.12. The number of rotatable bonds is 1. The van der Waals surface area contributed by atoms with Crippen molar-refractivity contribution < 1.29 is 13.6 Å². The van der Waals surface area contributed by atoms with Crippen molar-refractivity contribution >= 4 is 67.4 Å². The fourth-order valence-electron chi connectivity index (χ4n) is 0.557. The van der Waals surface area contributed by atoms with Crippen LogP contribution < -0.4 is 11.5 Å². The SMILES string of the molecule is NCCN.O=[PH]1OCCCCO1.[Na].[Na]. The molecule has 0 aliphatic carbocycles. The van der Waals surface area contributed by atoms with Crippen molar-refractivity contribution in [2.45, 2.75) is 12.8 Å². The normalized spacial score (nSPS) is 16.4. The summed E-state index contributed by atoms with van der Waals surface area (Å²) >= 11 is 0. The minimum atomic E-state index is -2.08. The van der Waals surface area contributed by atoms with Gasteiger partial charge in [-0.3, -0.25) is 4.57 Å². The van der Waals surface area contributed by atoms with E-state index in [9.17, 15) is 4.57 Å². The summed E-state index contributed by atoms with van der Waals surface area (Å²) in [6.07, 6.45) is 1.94. The summed E-state index contributed by atoms with van der Waals surface area (Å²) in [5.41, 5.74) is 9.81. The first-order valence-electron chi connectivity index (χ1n) is 4.01. The Morgan fingerprint density at radius 2 is 1.36 bits per heavy atom. The van der Waals surface area contributed by atoms with Gasteiger partial charge in [-0.2, -0.15) is 0 Å². The molecule has 8 heteroatoms. The summed E-state index contributed by atoms with van der Waals surface area (Å²) in [5, 5.41) is 0. The van der Waals surface area contributed by atoms with Crippen LogP contribution in [0.1, 0.15) is 12.8 Å². The molecule has 1 heterocycles. The Kier molecular flexibility index (Phi) is 26.7. The molecule has 76 valence electrons. The molecule has 1 rings (SSSR count). The van der Waals surface area contributed by atoms with Crippen LogP contribution in [0.4, 0.5) is 0 Å². The van der Waals surface area contributed by atoms with Crippen LogP contribution in [0.5, 0.6) is 0 Å². The first kappa shape index (κ1) is 21.4. The average Bonchev–Trinajstić information content (AvgIpc) is 2.33. The fraction of sp³-hybridized carbons (Fsp3) is 1.00. The van der Waals surface area contributed by atoms with Crippen LogP contribution >= 0.6 is 8.25 Å². The van der Waals surface area contributed by atoms with Crippen molar-refractivity contribution in [2.75, 3.05) is 26.3 Å². The van der Waals surface area contributed by atoms with Gasteiger partial charge < -0.3 is 20.5 Å². The van der Waals surface area contributed by atoms with Crippen LogP contribution in [0.3, 0.4) is 0 Å². The van der Waals surface area contributed by atoms with Gasteiger partial charge in [0.15, 0.2) is 0 Å². The van der Waals surface area contributed by atoms with Gasteiger partial charge >= 0.3 is 8.25 Å². The average molecular weight is 242 g/mol. The van der Waals surface area contributed by atoms with Crippen LogP contribution in [0.25, 0.3) is 0 Å². The maximum absolute atomic E-state index is 10.4. The predicted molar refractivity (Wildman–Crippen MR) is 59.8 cm³/mol. The number of hydrogen-bond donors (Lipinski definition) is 2. The second-order valence-electron chi connectivity index (χ2n) is 2.23. The third kappa shape index (κ3) is 16.5. The van der Waals surface area contributed by atoms with Gasteiger partial charge in [-0.15, -0.1) is 0 Å². The van der Waals surface area contributed by atoms with Gasteiger partial charge in [-0.25, -0.2) is 0 Å². The van der Waals surface area contributed by atoms with Gasteiger partial charge in [0.05, 0.1) is 13.2 Å². The molecule has 0 spiro atoms. The summed E-state index contributed by atoms with van der Waals surface area (Å²) in [5.74, 6) is 0. The molecule has 0 unspecified atom stereocenters. The smallest absolute Gasteiger partial charge is 0.319 e. The summed E-state index contributed by atoms with van der Waals surface area (Å²) in [6.45, 7) is 2.38. The second kappa shape index (κ2) is 17.5. The molecule has 1 aliphatic heterocycles. The van der Waals surface area contributed by atoms with Gasteiger partial charge in [0.2, 0.25) is 0 Å². The van der Waals surface area contributed by atoms with Gasteiger partial charge in [-0.1, -0.05) is 0 Å². The third-order valence-electron chi connectivity index (χ3n) is 1.15. The first-order valence-corrected chi connectivity index (χ1v) is 5.23. The zero-order valence-corrected chi connectivity index (χ0v) is 14.1. The van der Waals surface area contributed by atoms with E-state index in [1.165, 1.54) is 0 Å². The molecule has 0 aromatic carbocycles. The Bertz CT molecular complexity index is 120. The first-order chi connectivity index (χ1) is 5.81. The summed E-state index contributed by atoms with van der Waals surface area (Å²) in [6, 6.07) is 0. The van der Waals surface area contributed by atoms with Crippen molar-refractivity contribution in [2.24, 2.45) is 11.5 Å². The van der Waals surface area contributed by atoms with Crippen LogP contribution in [-0.2, 0) is 13.6 Å². The maximum atomic E-state index is 10.4. The molecule has 0 atom stereocenters. The van der Waals surface area contributed by atoms with Crippen LogP contribution in [0.15, 0.2) is 0 Å². The molecule has 1 saturated heterocycles. The Hall–Kier alpha value is 2.07. The molecule has 0 aromatic heterocycles. The van der Waals surface area contributed by atoms with E-state index in [1.807, 2.05) is 0 Å². The van der Waals surface area contributed by atoms with Gasteiger partial charge in [-0.05, 0) is 12.8 Å². The minimum Gasteiger partial charge on any atom is -0.329 e. The Labute approximate surface area is 130 Å². The molecule has 1 fully saturated rings. The van der Waals surface area contributed by atoms with Crippen LogP contribution in [0, 0.1) is 0 Å². The largest absolute Gasteiger partial charge is 0.329 e. The Balaban J connectivity index is -0.000000180. The molecule has 14 heavy (non-hydrogen) atoms. The number of hydrogen-bond acceptors (Lipinski definition) is 5. The molecular weight excluding hydrogens is 225 g/mol. The van der Waals surface area contributed by atoms with E-state index < -0.39 is 8.25 Å². The summed E-state index contributed by atoms with van der Waals surface area (Å²) < 4.78 is 19.9. The Morgan fingerprint density at radius 3 is 1.64 bits per heavy atom. The van der Waals surface area contributed by atoms with Crippen molar-refractivity contribution in [1.29, 1.82) is 0 Å². The molecule has 0 amide bonds. The van der Waals surface area contributed by atoms with Crippen LogP contribution in [-0.4, -0.2) is 85.4 Å². The summed E-state index contributed by atoms with van der Waals surface area (Å²) in [4.78, 5) is 0. The van der Waals surface area contributed by atoms with Gasteiger partial charge in [0, 0.05) is 72.2 Å². The summed E-state index contributed by atoms with van der Waals surface area (Å²) in [7, 11) is -2.08. The van der Waals surface area contributed by atoms with E-state index in [4.69, 9.17) is 20.5 Å². The van der Waals surface area contributed by atoms with Crippen LogP contribution in [0.2, 0.25) is 0 Å². The van der Waals surface area contributed by atoms with Gasteiger partial charge in [0.1, 0.15) is 0 Å². The quantitative estimate of drug-likeness (QED) is 0.471. The topological polar surface area (TPSA) is 87.6 Å². The maximum Gasteiger partial charge on any atom is 0.319 e. The molecular formula is C6H17N2Na2O3P. The van der Waals surface area contributed by atoms with Crippen molar-refractivity contribution in [3.63, 3.8) is 0 Å². The van der Waals surface area contributed by atoms with E-state index in [1.54, 1.807) is 0 Å². The van der Waals surface area contributed by atoms with E-state index in [2.05, 4.69) is 0 Å². The molecule has 4 N–H and O–H groups in total. The molecule has 0 saturated carbocycles. The molecule has 5 nitrogen and oxygen atoms in total. The monoisotopic (exact) mass is 242 g/mol. The predicted octanol–water partition coefficient (Wildman–Crippen LogP) is -0.655. The van der Waals surface area contributed by atoms with Crippen molar-refractivity contribution in [3.05, 3.63) is 0 Å². The van der Waals surface area contributed by atoms with E-state index in [0.29, 0.717) is 26.3 Å². The fourth-order valence-corrected chi connectivity index (χ4v) is 1.26. The number of nitrogens with two attached hydrogens (primary N) is 2. The third-order valence-corrected chi connectivity index (χ3v) is 2.02. The molecule has 0 bridgehead atoms. The van der Waals surface area contributed by atoms with E-state index in [-0.39, 0.29) is 59.1 Å². The van der Waals surface area contributed by atoms with E-state index in [0.717, 1.165) is 12.8 Å². The van der Waals surface area contributed by atoms with Crippen molar-refractivity contribution in [3.8, 4) is 0 Å². The molecule has 0 aromatic rings. The van der Waals surface area contributed by atoms with E-state index >= 15 is 0 Å². The Morgan fingerprint density at radius 1 is 1.00 bits per heavy atom. The molecule has 2 radical (unpaired) electrons. The standard InChI is InChI=1S/C4H9O3P.C2H8N2.2Na/c5-8-6-3-1-2-4-7-8;3-1-2-4;;/h8H,1-4H2;1-4H2;;. The van der Waals surface area contributed by atoms with Crippen molar-refractivity contribution in [1.82, 2.24) is 0 Å². The zero-order chi connectivity index (χ0) is 9.23. The second-order valence-corrected chi connectivity index (χ2v) is 3.31. The van der Waals surface area contributed by atoms with Gasteiger partial charge in [0.25, 0.3) is 0 Å².